The molecule has 0 aliphatic carbocycles. The second kappa shape index (κ2) is 12.2. The van der Waals surface area contributed by atoms with Gasteiger partial charge in [-0.2, -0.15) is 0 Å². The lowest BCUT2D eigenvalue weighted by Crippen LogP contribution is -2.48. The Bertz CT molecular complexity index is 875. The number of nitrogens with one attached hydrogen (secondary N) is 3. The van der Waals surface area contributed by atoms with Crippen molar-refractivity contribution in [3.05, 3.63) is 65.7 Å². The lowest BCUT2D eigenvalue weighted by atomic mass is 10.0. The largest absolute Gasteiger partial charge is 0.354 e. The van der Waals surface area contributed by atoms with Crippen LogP contribution in [0.15, 0.2) is 59.6 Å². The quantitative estimate of drug-likeness (QED) is 0.433. The minimum atomic E-state index is 0.0129. The molecule has 1 unspecified atom stereocenters. The number of nitrogens with zero attached hydrogens (tertiary/aromatic N) is 2. The van der Waals surface area contributed by atoms with Crippen molar-refractivity contribution in [3.8, 4) is 0 Å². The van der Waals surface area contributed by atoms with Gasteiger partial charge in [0.05, 0.1) is 0 Å². The molecule has 1 saturated heterocycles. The Morgan fingerprint density at radius 3 is 2.50 bits per heavy atom. The number of benzene rings is 2. The van der Waals surface area contributed by atoms with Crippen molar-refractivity contribution >= 4 is 17.6 Å². The van der Waals surface area contributed by atoms with Crippen molar-refractivity contribution in [2.45, 2.75) is 52.2 Å². The molecule has 6 nitrogen and oxygen atoms in total. The summed E-state index contributed by atoms with van der Waals surface area (Å²) in [4.78, 5) is 19.1. The van der Waals surface area contributed by atoms with Gasteiger partial charge in [0.2, 0.25) is 5.91 Å². The third-order valence-corrected chi connectivity index (χ3v) is 6.12. The molecule has 0 spiro atoms. The first-order valence-corrected chi connectivity index (χ1v) is 11.7. The molecule has 0 radical (unpaired) electrons. The Morgan fingerprint density at radius 1 is 1.09 bits per heavy atom. The first-order valence-electron chi connectivity index (χ1n) is 11.7. The van der Waals surface area contributed by atoms with E-state index in [2.05, 4.69) is 62.2 Å². The van der Waals surface area contributed by atoms with Crippen LogP contribution in [0.5, 0.6) is 0 Å². The van der Waals surface area contributed by atoms with E-state index in [1.165, 1.54) is 5.56 Å². The summed E-state index contributed by atoms with van der Waals surface area (Å²) >= 11 is 0. The Kier molecular flexibility index (Phi) is 9.11. The number of anilines is 1. The average molecular weight is 436 g/mol. The monoisotopic (exact) mass is 435 g/mol. The van der Waals surface area contributed by atoms with Crippen LogP contribution in [0.2, 0.25) is 0 Å². The third-order valence-electron chi connectivity index (χ3n) is 6.12. The van der Waals surface area contributed by atoms with Crippen LogP contribution in [-0.2, 0) is 17.9 Å². The highest BCUT2D eigenvalue weighted by Gasteiger charge is 2.20. The highest BCUT2D eigenvalue weighted by molar-refractivity contribution is 5.92. The van der Waals surface area contributed by atoms with E-state index in [0.29, 0.717) is 12.6 Å². The van der Waals surface area contributed by atoms with Gasteiger partial charge in [-0.15, -0.1) is 0 Å². The van der Waals surface area contributed by atoms with E-state index in [1.807, 2.05) is 39.1 Å². The van der Waals surface area contributed by atoms with Gasteiger partial charge in [-0.1, -0.05) is 56.3 Å². The minimum absolute atomic E-state index is 0.0129. The van der Waals surface area contributed by atoms with E-state index in [1.54, 1.807) is 0 Å². The predicted molar refractivity (Wildman–Crippen MR) is 133 cm³/mol. The number of hydrogen-bond donors (Lipinski definition) is 3. The zero-order chi connectivity index (χ0) is 22.8. The summed E-state index contributed by atoms with van der Waals surface area (Å²) in [5.41, 5.74) is 3.31. The number of guanidine groups is 1. The predicted octanol–water partition coefficient (Wildman–Crippen LogP) is 4.00. The summed E-state index contributed by atoms with van der Waals surface area (Å²) in [7, 11) is 1.81. The maximum atomic E-state index is 12.2. The topological polar surface area (TPSA) is 68.8 Å². The molecule has 3 rings (SSSR count). The molecule has 0 saturated carbocycles. The molecular formula is C26H37N5O. The van der Waals surface area contributed by atoms with Gasteiger partial charge in [0, 0.05) is 50.9 Å². The second-order valence-electron chi connectivity index (χ2n) is 8.61. The normalized spacial score (nSPS) is 16.4. The zero-order valence-electron chi connectivity index (χ0n) is 19.6. The Labute approximate surface area is 192 Å². The number of amides is 1. The fraction of sp³-hybridized carbons (Fsp3) is 0.462. The van der Waals surface area contributed by atoms with Crippen LogP contribution >= 0.6 is 0 Å². The highest BCUT2D eigenvalue weighted by atomic mass is 16.1. The van der Waals surface area contributed by atoms with Crippen LogP contribution in [0.25, 0.3) is 0 Å². The Morgan fingerprint density at radius 2 is 1.81 bits per heavy atom. The van der Waals surface area contributed by atoms with Crippen LogP contribution in [0.1, 0.15) is 44.2 Å². The molecule has 1 amide bonds. The Balaban J connectivity index is 1.43. The number of rotatable bonds is 8. The van der Waals surface area contributed by atoms with Crippen LogP contribution in [-0.4, -0.2) is 42.9 Å². The van der Waals surface area contributed by atoms with Crippen molar-refractivity contribution in [1.29, 1.82) is 0 Å². The van der Waals surface area contributed by atoms with Gasteiger partial charge in [-0.3, -0.25) is 14.7 Å². The van der Waals surface area contributed by atoms with Gasteiger partial charge in [0.15, 0.2) is 5.96 Å². The van der Waals surface area contributed by atoms with E-state index in [0.717, 1.165) is 56.1 Å². The number of likely N-dealkylation sites (tertiary alicyclic amines) is 1. The molecule has 1 fully saturated rings. The standard InChI is InChI=1S/C26H37N5O/c1-4-20(2)25(32)29-24-12-8-11-22(17-24)18-28-26(27-3)30-23-13-15-31(16-14-23)19-21-9-6-5-7-10-21/h5-12,17,20,23H,4,13-16,18-19H2,1-3H3,(H,29,32)(H2,27,28,30). The molecule has 1 aliphatic rings. The zero-order valence-corrected chi connectivity index (χ0v) is 19.6. The van der Waals surface area contributed by atoms with Crippen molar-refractivity contribution < 1.29 is 4.79 Å². The second-order valence-corrected chi connectivity index (χ2v) is 8.61. The van der Waals surface area contributed by atoms with Crippen LogP contribution in [0.3, 0.4) is 0 Å². The lowest BCUT2D eigenvalue weighted by molar-refractivity contribution is -0.119. The number of piperidine rings is 1. The van der Waals surface area contributed by atoms with Crippen molar-refractivity contribution in [1.82, 2.24) is 15.5 Å². The molecule has 1 atom stereocenters. The van der Waals surface area contributed by atoms with Gasteiger partial charge in [0.25, 0.3) is 0 Å². The number of carbonyl (C=O) groups is 1. The highest BCUT2D eigenvalue weighted by Crippen LogP contribution is 2.15. The summed E-state index contributed by atoms with van der Waals surface area (Å²) in [6, 6.07) is 19.1. The van der Waals surface area contributed by atoms with Crippen LogP contribution in [0.4, 0.5) is 5.69 Å². The van der Waals surface area contributed by atoms with Gasteiger partial charge < -0.3 is 16.0 Å². The van der Waals surface area contributed by atoms with Gasteiger partial charge in [-0.05, 0) is 42.5 Å². The molecule has 1 aliphatic heterocycles. The van der Waals surface area contributed by atoms with Crippen LogP contribution in [0, 0.1) is 5.92 Å². The summed E-state index contributed by atoms with van der Waals surface area (Å²) in [6.45, 7) is 7.81. The molecule has 0 aromatic heterocycles. The molecule has 2 aromatic carbocycles. The van der Waals surface area contributed by atoms with E-state index in [4.69, 9.17) is 0 Å². The smallest absolute Gasteiger partial charge is 0.227 e. The van der Waals surface area contributed by atoms with Gasteiger partial charge >= 0.3 is 0 Å². The number of carbonyl (C=O) groups excluding carboxylic acids is 1. The minimum Gasteiger partial charge on any atom is -0.354 e. The molecule has 3 N–H and O–H groups in total. The fourth-order valence-electron chi connectivity index (χ4n) is 3.86. The molecule has 0 bridgehead atoms. The average Bonchev–Trinajstić information content (AvgIpc) is 2.83. The SMILES string of the molecule is CCC(C)C(=O)Nc1cccc(CNC(=NC)NC2CCN(Cc3ccccc3)CC2)c1. The molecular weight excluding hydrogens is 398 g/mol. The number of aliphatic imine (C=N–C) groups is 1. The maximum Gasteiger partial charge on any atom is 0.227 e. The maximum absolute atomic E-state index is 12.2. The van der Waals surface area contributed by atoms with Gasteiger partial charge in [0.1, 0.15) is 0 Å². The summed E-state index contributed by atoms with van der Waals surface area (Å²) in [5, 5.41) is 9.99. The fourth-order valence-corrected chi connectivity index (χ4v) is 3.86. The van der Waals surface area contributed by atoms with E-state index in [9.17, 15) is 4.79 Å². The van der Waals surface area contributed by atoms with E-state index < -0.39 is 0 Å². The first kappa shape index (κ1) is 23.8. The summed E-state index contributed by atoms with van der Waals surface area (Å²) < 4.78 is 0. The molecule has 32 heavy (non-hydrogen) atoms. The Hall–Kier alpha value is -2.86. The summed E-state index contributed by atoms with van der Waals surface area (Å²) in [6.07, 6.45) is 3.04. The van der Waals surface area contributed by atoms with Crippen molar-refractivity contribution in [2.24, 2.45) is 10.9 Å². The molecule has 6 heteroatoms. The van der Waals surface area contributed by atoms with Crippen molar-refractivity contribution in [2.75, 3.05) is 25.5 Å². The van der Waals surface area contributed by atoms with E-state index >= 15 is 0 Å². The molecule has 172 valence electrons. The third kappa shape index (κ3) is 7.38. The molecule has 2 aromatic rings. The first-order chi connectivity index (χ1) is 15.6. The number of hydrogen-bond acceptors (Lipinski definition) is 3. The lowest BCUT2D eigenvalue weighted by Gasteiger charge is -2.33. The van der Waals surface area contributed by atoms with Crippen molar-refractivity contribution in [3.63, 3.8) is 0 Å². The molecule has 1 heterocycles. The van der Waals surface area contributed by atoms with Crippen LogP contribution < -0.4 is 16.0 Å². The van der Waals surface area contributed by atoms with Gasteiger partial charge in [-0.25, -0.2) is 0 Å². The summed E-state index contributed by atoms with van der Waals surface area (Å²) in [5.74, 6) is 0.896. The van der Waals surface area contributed by atoms with E-state index in [-0.39, 0.29) is 11.8 Å².